The van der Waals surface area contributed by atoms with E-state index in [1.165, 1.54) is 34.6 Å². The fourth-order valence-corrected chi connectivity index (χ4v) is 3.21. The van der Waals surface area contributed by atoms with Gasteiger partial charge in [-0.25, -0.2) is 4.79 Å². The van der Waals surface area contributed by atoms with Gasteiger partial charge in [0, 0.05) is 30.1 Å². The molecule has 2 heterocycles. The molecule has 35 heavy (non-hydrogen) atoms. The number of anilines is 1. The monoisotopic (exact) mass is 478 g/mol. The van der Waals surface area contributed by atoms with Crippen molar-refractivity contribution in [3.8, 4) is 28.7 Å². The fourth-order valence-electron chi connectivity index (χ4n) is 3.21. The number of hydrogen-bond donors (Lipinski definition) is 0. The Kier molecular flexibility index (Phi) is 8.29. The van der Waals surface area contributed by atoms with Crippen molar-refractivity contribution >= 4 is 17.6 Å². The molecule has 182 valence electrons. The van der Waals surface area contributed by atoms with E-state index in [2.05, 4.69) is 11.6 Å². The van der Waals surface area contributed by atoms with E-state index in [9.17, 15) is 9.59 Å². The Labute approximate surface area is 203 Å². The average molecular weight is 479 g/mol. The number of carbonyl (C=O) groups excluding carboxylic acids is 2. The SMILES string of the molecule is C=C1CN(c2cc(OC)c(OC)c(OC)c2)C1=O.COc1ccccc1OC(=O)c1cccnc1. The molecule has 0 aliphatic carbocycles. The maximum atomic E-state index is 11.8. The molecular weight excluding hydrogens is 452 g/mol. The molecule has 0 saturated carbocycles. The first-order chi connectivity index (χ1) is 16.9. The third-order valence-corrected chi connectivity index (χ3v) is 5.03. The van der Waals surface area contributed by atoms with E-state index in [1.807, 2.05) is 0 Å². The average Bonchev–Trinajstić information content (AvgIpc) is 2.91. The molecule has 9 nitrogen and oxygen atoms in total. The molecule has 1 saturated heterocycles. The van der Waals surface area contributed by atoms with Crippen LogP contribution in [0.2, 0.25) is 0 Å². The summed E-state index contributed by atoms with van der Waals surface area (Å²) in [4.78, 5) is 28.9. The molecule has 0 radical (unpaired) electrons. The summed E-state index contributed by atoms with van der Waals surface area (Å²) < 4.78 is 26.0. The van der Waals surface area contributed by atoms with E-state index in [0.717, 1.165) is 0 Å². The molecule has 3 aromatic rings. The standard InChI is InChI=1S/C13H15NO4.C13H11NO3/c1-8-7-14(13(8)15)9-5-10(16-2)12(18-4)11(6-9)17-3;1-16-11-6-2-3-7-12(11)17-13(15)10-5-4-8-14-9-10/h5-6H,1,7H2,2-4H3;2-9H,1H3. The first-order valence-electron chi connectivity index (χ1n) is 10.5. The molecule has 0 spiro atoms. The molecule has 0 unspecified atom stereocenters. The van der Waals surface area contributed by atoms with Crippen molar-refractivity contribution < 1.29 is 33.3 Å². The highest BCUT2D eigenvalue weighted by Gasteiger charge is 2.31. The highest BCUT2D eigenvalue weighted by atomic mass is 16.6. The molecule has 1 fully saturated rings. The van der Waals surface area contributed by atoms with Gasteiger partial charge in [-0.15, -0.1) is 0 Å². The van der Waals surface area contributed by atoms with Crippen LogP contribution in [-0.2, 0) is 4.79 Å². The number of amides is 1. The molecule has 4 rings (SSSR count). The number of β-lactam (4-membered cyclic amide) rings is 1. The maximum Gasteiger partial charge on any atom is 0.345 e. The topological polar surface area (TPSA) is 96.4 Å². The number of para-hydroxylation sites is 2. The number of pyridine rings is 1. The fraction of sp³-hybridized carbons (Fsp3) is 0.192. The van der Waals surface area contributed by atoms with Gasteiger partial charge in [-0.3, -0.25) is 9.78 Å². The lowest BCUT2D eigenvalue weighted by Crippen LogP contribution is -2.45. The normalized spacial score (nSPS) is 12.1. The lowest BCUT2D eigenvalue weighted by atomic mass is 10.1. The highest BCUT2D eigenvalue weighted by Crippen LogP contribution is 2.42. The van der Waals surface area contributed by atoms with Crippen molar-refractivity contribution in [3.05, 3.63) is 78.6 Å². The van der Waals surface area contributed by atoms with Crippen LogP contribution >= 0.6 is 0 Å². The zero-order valence-corrected chi connectivity index (χ0v) is 19.9. The summed E-state index contributed by atoms with van der Waals surface area (Å²) in [7, 11) is 6.14. The Hall–Kier alpha value is -4.53. The van der Waals surface area contributed by atoms with Crippen molar-refractivity contribution in [2.24, 2.45) is 0 Å². The van der Waals surface area contributed by atoms with Crippen LogP contribution in [0.25, 0.3) is 0 Å². The minimum absolute atomic E-state index is 0.0794. The van der Waals surface area contributed by atoms with E-state index in [0.29, 0.717) is 52.1 Å². The Bertz CT molecular complexity index is 1190. The van der Waals surface area contributed by atoms with Crippen LogP contribution in [0.15, 0.2) is 73.1 Å². The van der Waals surface area contributed by atoms with Gasteiger partial charge in [0.2, 0.25) is 5.75 Å². The number of methoxy groups -OCH3 is 4. The van der Waals surface area contributed by atoms with Crippen LogP contribution in [0.4, 0.5) is 5.69 Å². The number of hydrogen-bond acceptors (Lipinski definition) is 8. The molecule has 0 atom stereocenters. The smallest absolute Gasteiger partial charge is 0.345 e. The van der Waals surface area contributed by atoms with E-state index >= 15 is 0 Å². The minimum Gasteiger partial charge on any atom is -0.493 e. The van der Waals surface area contributed by atoms with E-state index < -0.39 is 5.97 Å². The summed E-state index contributed by atoms with van der Waals surface area (Å²) in [5.74, 6) is 1.94. The molecule has 2 aromatic carbocycles. The van der Waals surface area contributed by atoms with Gasteiger partial charge in [-0.1, -0.05) is 18.7 Å². The van der Waals surface area contributed by atoms with Crippen LogP contribution < -0.4 is 28.6 Å². The van der Waals surface area contributed by atoms with Crippen molar-refractivity contribution in [1.29, 1.82) is 0 Å². The summed E-state index contributed by atoms with van der Waals surface area (Å²) in [6.07, 6.45) is 3.05. The predicted octanol–water partition coefficient (Wildman–Crippen LogP) is 3.92. The van der Waals surface area contributed by atoms with Crippen molar-refractivity contribution in [2.45, 2.75) is 0 Å². The molecule has 1 aliphatic rings. The summed E-state index contributed by atoms with van der Waals surface area (Å²) in [6.45, 7) is 4.18. The number of ether oxygens (including phenoxy) is 5. The van der Waals surface area contributed by atoms with Gasteiger partial charge >= 0.3 is 5.97 Å². The highest BCUT2D eigenvalue weighted by molar-refractivity contribution is 6.13. The van der Waals surface area contributed by atoms with Crippen molar-refractivity contribution in [1.82, 2.24) is 4.98 Å². The number of nitrogens with zero attached hydrogens (tertiary/aromatic N) is 2. The first-order valence-corrected chi connectivity index (χ1v) is 10.5. The maximum absolute atomic E-state index is 11.8. The summed E-state index contributed by atoms with van der Waals surface area (Å²) >= 11 is 0. The van der Waals surface area contributed by atoms with Crippen LogP contribution in [0, 0.1) is 0 Å². The quantitative estimate of drug-likeness (QED) is 0.218. The third kappa shape index (κ3) is 5.70. The molecule has 1 aromatic heterocycles. The second-order valence-corrected chi connectivity index (χ2v) is 7.16. The molecule has 0 N–H and O–H groups in total. The summed E-state index contributed by atoms with van der Waals surface area (Å²) in [5.41, 5.74) is 1.71. The Balaban J connectivity index is 0.000000196. The molecule has 9 heteroatoms. The second kappa shape index (κ2) is 11.6. The number of esters is 1. The predicted molar refractivity (Wildman–Crippen MR) is 130 cm³/mol. The van der Waals surface area contributed by atoms with Gasteiger partial charge in [0.15, 0.2) is 23.0 Å². The lowest BCUT2D eigenvalue weighted by molar-refractivity contribution is -0.117. The van der Waals surface area contributed by atoms with Crippen molar-refractivity contribution in [3.63, 3.8) is 0 Å². The molecule has 1 amide bonds. The van der Waals surface area contributed by atoms with Gasteiger partial charge in [-0.05, 0) is 24.3 Å². The van der Waals surface area contributed by atoms with Crippen LogP contribution in [0.1, 0.15) is 10.4 Å². The summed E-state index contributed by atoms with van der Waals surface area (Å²) in [5, 5.41) is 0. The Morgan fingerprint density at radius 1 is 0.886 bits per heavy atom. The number of aromatic nitrogens is 1. The van der Waals surface area contributed by atoms with Gasteiger partial charge in [-0.2, -0.15) is 0 Å². The third-order valence-electron chi connectivity index (χ3n) is 5.03. The van der Waals surface area contributed by atoms with Gasteiger partial charge in [0.1, 0.15) is 0 Å². The molecular formula is C26H26N2O7. The number of carbonyl (C=O) groups is 2. The van der Waals surface area contributed by atoms with Crippen LogP contribution in [0.5, 0.6) is 28.7 Å². The zero-order valence-electron chi connectivity index (χ0n) is 19.9. The minimum atomic E-state index is -0.456. The van der Waals surface area contributed by atoms with Crippen LogP contribution in [0.3, 0.4) is 0 Å². The first kappa shape index (κ1) is 25.1. The van der Waals surface area contributed by atoms with Crippen LogP contribution in [-0.4, -0.2) is 51.8 Å². The molecule has 1 aliphatic heterocycles. The summed E-state index contributed by atoms with van der Waals surface area (Å²) in [6, 6.07) is 13.8. The van der Waals surface area contributed by atoms with Crippen molar-refractivity contribution in [2.75, 3.05) is 39.9 Å². The van der Waals surface area contributed by atoms with E-state index in [-0.39, 0.29) is 5.91 Å². The van der Waals surface area contributed by atoms with Gasteiger partial charge in [0.25, 0.3) is 5.91 Å². The Morgan fingerprint density at radius 2 is 1.51 bits per heavy atom. The Morgan fingerprint density at radius 3 is 2.00 bits per heavy atom. The van der Waals surface area contributed by atoms with E-state index in [1.54, 1.807) is 59.6 Å². The van der Waals surface area contributed by atoms with Gasteiger partial charge in [0.05, 0.1) is 46.2 Å². The second-order valence-electron chi connectivity index (χ2n) is 7.16. The molecule has 0 bridgehead atoms. The number of benzene rings is 2. The largest absolute Gasteiger partial charge is 0.493 e. The van der Waals surface area contributed by atoms with E-state index in [4.69, 9.17) is 23.7 Å². The number of rotatable bonds is 7. The zero-order chi connectivity index (χ0) is 25.4. The van der Waals surface area contributed by atoms with Gasteiger partial charge < -0.3 is 28.6 Å². The lowest BCUT2D eigenvalue weighted by Gasteiger charge is -2.33.